The van der Waals surface area contributed by atoms with Crippen molar-refractivity contribution in [2.24, 2.45) is 17.1 Å². The molecule has 2 heteroatoms. The second-order valence-corrected chi connectivity index (χ2v) is 5.69. The first-order chi connectivity index (χ1) is 7.19. The predicted octanol–water partition coefficient (Wildman–Crippen LogP) is 2.24. The summed E-state index contributed by atoms with van der Waals surface area (Å²) in [5, 5.41) is 0. The van der Waals surface area contributed by atoms with Crippen LogP contribution in [0.2, 0.25) is 0 Å². The first kappa shape index (κ1) is 11.4. The van der Waals surface area contributed by atoms with Crippen LogP contribution in [0.4, 0.5) is 0 Å². The van der Waals surface area contributed by atoms with Crippen molar-refractivity contribution in [2.45, 2.75) is 52.0 Å². The van der Waals surface area contributed by atoms with E-state index in [0.717, 1.165) is 12.5 Å². The summed E-state index contributed by atoms with van der Waals surface area (Å²) in [4.78, 5) is 2.61. The van der Waals surface area contributed by atoms with Crippen molar-refractivity contribution < 1.29 is 0 Å². The smallest absolute Gasteiger partial charge is 0.0196 e. The van der Waals surface area contributed by atoms with Crippen molar-refractivity contribution in [1.29, 1.82) is 0 Å². The maximum absolute atomic E-state index is 6.19. The molecule has 0 radical (unpaired) electrons. The molecule has 2 fully saturated rings. The summed E-state index contributed by atoms with van der Waals surface area (Å²) in [6.07, 6.45) is 6.80. The molecule has 1 saturated carbocycles. The van der Waals surface area contributed by atoms with Gasteiger partial charge in [-0.15, -0.1) is 0 Å². The van der Waals surface area contributed by atoms with E-state index in [4.69, 9.17) is 5.73 Å². The molecule has 0 aromatic carbocycles. The van der Waals surface area contributed by atoms with Crippen molar-refractivity contribution in [3.05, 3.63) is 0 Å². The Morgan fingerprint density at radius 1 is 1.33 bits per heavy atom. The van der Waals surface area contributed by atoms with E-state index >= 15 is 0 Å². The van der Waals surface area contributed by atoms with Crippen LogP contribution in [0.3, 0.4) is 0 Å². The van der Waals surface area contributed by atoms with Gasteiger partial charge in [0.1, 0.15) is 0 Å². The lowest BCUT2D eigenvalue weighted by Gasteiger charge is -2.27. The minimum absolute atomic E-state index is 0.453. The summed E-state index contributed by atoms with van der Waals surface area (Å²) in [7, 11) is 0. The molecule has 0 aromatic heterocycles. The Labute approximate surface area is 94.2 Å². The summed E-state index contributed by atoms with van der Waals surface area (Å²) < 4.78 is 0. The summed E-state index contributed by atoms with van der Waals surface area (Å²) in [6, 6.07) is 0.453. The molecule has 88 valence electrons. The third kappa shape index (κ3) is 2.54. The van der Waals surface area contributed by atoms with Crippen LogP contribution in [0.25, 0.3) is 0 Å². The van der Waals surface area contributed by atoms with E-state index in [-0.39, 0.29) is 0 Å². The standard InChI is InChI=1S/C13H26N2/c1-3-13(4-2)7-8-15(10-13)9-12(14)11-5-6-11/h11-12H,3-10,14H2,1-2H3. The molecule has 0 bridgehead atoms. The highest BCUT2D eigenvalue weighted by molar-refractivity contribution is 4.92. The number of nitrogens with two attached hydrogens (primary N) is 1. The van der Waals surface area contributed by atoms with Gasteiger partial charge in [-0.1, -0.05) is 13.8 Å². The van der Waals surface area contributed by atoms with Crippen LogP contribution in [-0.4, -0.2) is 30.6 Å². The second kappa shape index (κ2) is 4.42. The minimum Gasteiger partial charge on any atom is -0.326 e. The van der Waals surface area contributed by atoms with Crippen LogP contribution in [0.1, 0.15) is 46.0 Å². The third-order valence-electron chi connectivity index (χ3n) is 4.71. The maximum atomic E-state index is 6.19. The number of likely N-dealkylation sites (tertiary alicyclic amines) is 1. The Kier molecular flexibility index (Phi) is 3.36. The van der Waals surface area contributed by atoms with Crippen LogP contribution in [-0.2, 0) is 0 Å². The largest absolute Gasteiger partial charge is 0.326 e. The van der Waals surface area contributed by atoms with E-state index in [1.54, 1.807) is 0 Å². The van der Waals surface area contributed by atoms with Crippen molar-refractivity contribution >= 4 is 0 Å². The van der Waals surface area contributed by atoms with Crippen LogP contribution >= 0.6 is 0 Å². The van der Waals surface area contributed by atoms with Gasteiger partial charge in [-0.2, -0.15) is 0 Å². The fourth-order valence-corrected chi connectivity index (χ4v) is 2.98. The summed E-state index contributed by atoms with van der Waals surface area (Å²) in [5.41, 5.74) is 6.80. The second-order valence-electron chi connectivity index (χ2n) is 5.69. The van der Waals surface area contributed by atoms with Gasteiger partial charge in [-0.3, -0.25) is 0 Å². The Morgan fingerprint density at radius 2 is 2.00 bits per heavy atom. The maximum Gasteiger partial charge on any atom is 0.0196 e. The number of hydrogen-bond donors (Lipinski definition) is 1. The van der Waals surface area contributed by atoms with E-state index < -0.39 is 0 Å². The van der Waals surface area contributed by atoms with Gasteiger partial charge in [-0.25, -0.2) is 0 Å². The van der Waals surface area contributed by atoms with E-state index in [1.807, 2.05) is 0 Å². The molecular formula is C13H26N2. The molecule has 1 unspecified atom stereocenters. The van der Waals surface area contributed by atoms with Crippen LogP contribution < -0.4 is 5.73 Å². The molecule has 15 heavy (non-hydrogen) atoms. The van der Waals surface area contributed by atoms with Crippen LogP contribution in [0, 0.1) is 11.3 Å². The number of hydrogen-bond acceptors (Lipinski definition) is 2. The molecule has 2 aliphatic rings. The van der Waals surface area contributed by atoms with Crippen LogP contribution in [0.5, 0.6) is 0 Å². The van der Waals surface area contributed by atoms with E-state index in [9.17, 15) is 0 Å². The van der Waals surface area contributed by atoms with Gasteiger partial charge in [0.2, 0.25) is 0 Å². The van der Waals surface area contributed by atoms with E-state index in [2.05, 4.69) is 18.7 Å². The van der Waals surface area contributed by atoms with Gasteiger partial charge in [0.25, 0.3) is 0 Å². The van der Waals surface area contributed by atoms with Gasteiger partial charge in [0.15, 0.2) is 0 Å². The lowest BCUT2D eigenvalue weighted by atomic mass is 9.82. The monoisotopic (exact) mass is 210 g/mol. The summed E-state index contributed by atoms with van der Waals surface area (Å²) in [5.74, 6) is 0.850. The third-order valence-corrected chi connectivity index (χ3v) is 4.71. The first-order valence-electron chi connectivity index (χ1n) is 6.67. The number of rotatable bonds is 5. The highest BCUT2D eigenvalue weighted by Gasteiger charge is 2.37. The SMILES string of the molecule is CCC1(CC)CCN(CC(N)C2CC2)C1. The molecular weight excluding hydrogens is 184 g/mol. The fourth-order valence-electron chi connectivity index (χ4n) is 2.98. The fraction of sp³-hybridized carbons (Fsp3) is 1.00. The average Bonchev–Trinajstić information content (AvgIpc) is 3.02. The van der Waals surface area contributed by atoms with Crippen molar-refractivity contribution in [2.75, 3.05) is 19.6 Å². The van der Waals surface area contributed by atoms with Crippen molar-refractivity contribution in [1.82, 2.24) is 4.90 Å². The predicted molar refractivity (Wildman–Crippen MR) is 64.8 cm³/mol. The van der Waals surface area contributed by atoms with Crippen molar-refractivity contribution in [3.63, 3.8) is 0 Å². The highest BCUT2D eigenvalue weighted by Crippen LogP contribution is 2.38. The average molecular weight is 210 g/mol. The molecule has 2 nitrogen and oxygen atoms in total. The molecule has 1 atom stereocenters. The molecule has 0 amide bonds. The van der Waals surface area contributed by atoms with Gasteiger partial charge in [0, 0.05) is 19.1 Å². The zero-order chi connectivity index (χ0) is 10.9. The molecule has 1 saturated heterocycles. The van der Waals surface area contributed by atoms with Crippen molar-refractivity contribution in [3.8, 4) is 0 Å². The quantitative estimate of drug-likeness (QED) is 0.754. The van der Waals surface area contributed by atoms with Crippen LogP contribution in [0.15, 0.2) is 0 Å². The summed E-state index contributed by atoms with van der Waals surface area (Å²) >= 11 is 0. The number of nitrogens with zero attached hydrogens (tertiary/aromatic N) is 1. The molecule has 2 N–H and O–H groups in total. The minimum atomic E-state index is 0.453. The summed E-state index contributed by atoms with van der Waals surface area (Å²) in [6.45, 7) is 8.40. The molecule has 1 heterocycles. The molecule has 0 spiro atoms. The Morgan fingerprint density at radius 3 is 2.47 bits per heavy atom. The normalized spacial score (nSPS) is 28.2. The Balaban J connectivity index is 1.80. The van der Waals surface area contributed by atoms with Gasteiger partial charge in [-0.05, 0) is 50.0 Å². The van der Waals surface area contributed by atoms with Gasteiger partial charge in [0.05, 0.1) is 0 Å². The molecule has 1 aliphatic heterocycles. The Hall–Kier alpha value is -0.0800. The van der Waals surface area contributed by atoms with Gasteiger partial charge >= 0.3 is 0 Å². The lowest BCUT2D eigenvalue weighted by Crippen LogP contribution is -2.38. The zero-order valence-electron chi connectivity index (χ0n) is 10.3. The van der Waals surface area contributed by atoms with Gasteiger partial charge < -0.3 is 10.6 Å². The highest BCUT2D eigenvalue weighted by atomic mass is 15.2. The van der Waals surface area contributed by atoms with E-state index in [1.165, 1.54) is 45.2 Å². The molecule has 2 rings (SSSR count). The van der Waals surface area contributed by atoms with E-state index in [0.29, 0.717) is 11.5 Å². The molecule has 0 aromatic rings. The first-order valence-corrected chi connectivity index (χ1v) is 6.67. The topological polar surface area (TPSA) is 29.3 Å². The lowest BCUT2D eigenvalue weighted by molar-refractivity contribution is 0.229. The molecule has 1 aliphatic carbocycles. The Bertz CT molecular complexity index is 207. The zero-order valence-corrected chi connectivity index (χ0v) is 10.3.